The number of nitrogens with one attached hydrogen (secondary N) is 1. The highest BCUT2D eigenvalue weighted by atomic mass is 16.3. The number of fused-ring (bicyclic) bond motifs is 1. The molecule has 0 radical (unpaired) electrons. The molecule has 1 aliphatic rings. The monoisotopic (exact) mass is 316 g/mol. The zero-order chi connectivity index (χ0) is 16.6. The second-order valence-corrected chi connectivity index (χ2v) is 6.72. The number of primary amides is 1. The van der Waals surface area contributed by atoms with Gasteiger partial charge in [-0.25, -0.2) is 0 Å². The number of likely N-dealkylation sites (tertiary alicyclic amines) is 1. The van der Waals surface area contributed by atoms with Gasteiger partial charge >= 0.3 is 0 Å². The van der Waals surface area contributed by atoms with Crippen LogP contribution in [0.2, 0.25) is 0 Å². The molecule has 1 aromatic heterocycles. The highest BCUT2D eigenvalue weighted by Crippen LogP contribution is 2.29. The van der Waals surface area contributed by atoms with E-state index in [1.54, 1.807) is 0 Å². The Morgan fingerprint density at radius 2 is 2.04 bits per heavy atom. The van der Waals surface area contributed by atoms with Crippen LogP contribution in [0.15, 0.2) is 24.3 Å². The van der Waals surface area contributed by atoms with Crippen molar-refractivity contribution < 1.29 is 14.8 Å². The molecule has 23 heavy (non-hydrogen) atoms. The van der Waals surface area contributed by atoms with Gasteiger partial charge in [0.1, 0.15) is 12.6 Å². The molecule has 0 aliphatic carbocycles. The molecular formula is C18H26N3O2+. The maximum atomic E-state index is 11.3. The Balaban J connectivity index is 1.76. The molecule has 1 aliphatic heterocycles. The topological polar surface area (TPSA) is 72.7 Å². The fourth-order valence-corrected chi connectivity index (χ4v) is 3.86. The number of aliphatic hydroxyl groups is 1. The summed E-state index contributed by atoms with van der Waals surface area (Å²) in [6.07, 6.45) is 1.17. The zero-order valence-corrected chi connectivity index (χ0v) is 13.9. The Bertz CT molecular complexity index is 714. The lowest BCUT2D eigenvalue weighted by Gasteiger charge is -2.29. The number of para-hydroxylation sites is 1. The summed E-state index contributed by atoms with van der Waals surface area (Å²) in [5.74, 6) is -0.176. The fraction of sp³-hybridized carbons (Fsp3) is 0.500. The number of aryl methyl sites for hydroxylation is 1. The highest BCUT2D eigenvalue weighted by molar-refractivity contribution is 5.85. The van der Waals surface area contributed by atoms with E-state index in [0.717, 1.165) is 48.1 Å². The third kappa shape index (κ3) is 2.99. The molecule has 4 N–H and O–H groups in total. The number of nitrogens with zero attached hydrogens (tertiary/aromatic N) is 1. The van der Waals surface area contributed by atoms with Crippen molar-refractivity contribution in [1.82, 2.24) is 4.57 Å². The summed E-state index contributed by atoms with van der Waals surface area (Å²) >= 11 is 0. The standard InChI is InChI=1S/C18H25N3O2/c1-12-17(14-5-3-4-6-15(14)20(12)2)16(22)11-21-9-7-13(8-10-21)18(19)23/h3-6,13,16,22H,7-11H2,1-2H3,(H2,19,23)/p+1/t16-/m0/s1. The van der Waals surface area contributed by atoms with Crippen LogP contribution in [0.4, 0.5) is 0 Å². The first kappa shape index (κ1) is 16.0. The number of hydrogen-bond donors (Lipinski definition) is 3. The van der Waals surface area contributed by atoms with Gasteiger partial charge in [-0.2, -0.15) is 0 Å². The number of quaternary nitrogens is 1. The fourth-order valence-electron chi connectivity index (χ4n) is 3.86. The van der Waals surface area contributed by atoms with Crippen LogP contribution < -0.4 is 10.6 Å². The first-order valence-corrected chi connectivity index (χ1v) is 8.34. The zero-order valence-electron chi connectivity index (χ0n) is 13.9. The van der Waals surface area contributed by atoms with Gasteiger partial charge in [0, 0.05) is 48.0 Å². The van der Waals surface area contributed by atoms with Crippen molar-refractivity contribution in [2.45, 2.75) is 25.9 Å². The lowest BCUT2D eigenvalue weighted by molar-refractivity contribution is -0.909. The van der Waals surface area contributed by atoms with Crippen LogP contribution in [0.25, 0.3) is 10.9 Å². The Labute approximate surface area is 136 Å². The van der Waals surface area contributed by atoms with Gasteiger partial charge in [-0.1, -0.05) is 18.2 Å². The van der Waals surface area contributed by atoms with Gasteiger partial charge in [-0.15, -0.1) is 0 Å². The second-order valence-electron chi connectivity index (χ2n) is 6.72. The van der Waals surface area contributed by atoms with E-state index < -0.39 is 6.10 Å². The maximum absolute atomic E-state index is 11.3. The van der Waals surface area contributed by atoms with Crippen LogP contribution in [0, 0.1) is 12.8 Å². The van der Waals surface area contributed by atoms with Crippen molar-refractivity contribution in [1.29, 1.82) is 0 Å². The van der Waals surface area contributed by atoms with E-state index in [1.807, 2.05) is 19.2 Å². The van der Waals surface area contributed by atoms with Crippen molar-refractivity contribution >= 4 is 16.8 Å². The molecule has 1 saturated heterocycles. The summed E-state index contributed by atoms with van der Waals surface area (Å²) in [7, 11) is 2.04. The number of nitrogens with two attached hydrogens (primary N) is 1. The minimum Gasteiger partial charge on any atom is -0.382 e. The van der Waals surface area contributed by atoms with Gasteiger partial charge in [0.05, 0.1) is 13.1 Å². The number of piperidine rings is 1. The number of aromatic nitrogens is 1. The average molecular weight is 316 g/mol. The van der Waals surface area contributed by atoms with Crippen LogP contribution in [-0.4, -0.2) is 35.2 Å². The average Bonchev–Trinajstić information content (AvgIpc) is 2.80. The predicted octanol–water partition coefficient (Wildman–Crippen LogP) is 0.300. The van der Waals surface area contributed by atoms with Crippen molar-refractivity contribution in [3.05, 3.63) is 35.5 Å². The molecule has 0 unspecified atom stereocenters. The number of carbonyl (C=O) groups is 1. The Morgan fingerprint density at radius 1 is 1.39 bits per heavy atom. The maximum Gasteiger partial charge on any atom is 0.220 e. The van der Waals surface area contributed by atoms with Crippen molar-refractivity contribution in [2.75, 3.05) is 19.6 Å². The molecule has 0 bridgehead atoms. The molecule has 5 heteroatoms. The summed E-state index contributed by atoms with van der Waals surface area (Å²) in [5, 5.41) is 11.9. The molecule has 1 aromatic carbocycles. The third-order valence-electron chi connectivity index (χ3n) is 5.36. The molecule has 0 saturated carbocycles. The largest absolute Gasteiger partial charge is 0.382 e. The lowest BCUT2D eigenvalue weighted by atomic mass is 9.95. The molecule has 1 atom stereocenters. The quantitative estimate of drug-likeness (QED) is 0.759. The first-order chi connectivity index (χ1) is 11.0. The number of hydrogen-bond acceptors (Lipinski definition) is 2. The Kier molecular flexibility index (Phi) is 4.41. The minimum atomic E-state index is -0.485. The number of benzene rings is 1. The first-order valence-electron chi connectivity index (χ1n) is 8.34. The summed E-state index contributed by atoms with van der Waals surface area (Å²) in [5.41, 5.74) is 8.69. The molecular weight excluding hydrogens is 290 g/mol. The van der Waals surface area contributed by atoms with Crippen LogP contribution in [0.3, 0.4) is 0 Å². The molecule has 1 amide bonds. The van der Waals surface area contributed by atoms with E-state index in [-0.39, 0.29) is 11.8 Å². The minimum absolute atomic E-state index is 0.00943. The lowest BCUT2D eigenvalue weighted by Crippen LogP contribution is -3.13. The number of aliphatic hydroxyl groups excluding tert-OH is 1. The van der Waals surface area contributed by atoms with Crippen molar-refractivity contribution in [3.63, 3.8) is 0 Å². The number of carbonyl (C=O) groups excluding carboxylic acids is 1. The van der Waals surface area contributed by atoms with Crippen LogP contribution >= 0.6 is 0 Å². The molecule has 0 spiro atoms. The van der Waals surface area contributed by atoms with Gasteiger partial charge in [0.15, 0.2) is 0 Å². The molecule has 124 valence electrons. The van der Waals surface area contributed by atoms with Crippen molar-refractivity contribution in [2.24, 2.45) is 18.7 Å². The number of amides is 1. The summed E-state index contributed by atoms with van der Waals surface area (Å²) in [6, 6.07) is 8.21. The Hall–Kier alpha value is -1.85. The molecule has 3 rings (SSSR count). The van der Waals surface area contributed by atoms with Gasteiger partial charge in [-0.3, -0.25) is 4.79 Å². The van der Waals surface area contributed by atoms with Gasteiger partial charge in [0.2, 0.25) is 5.91 Å². The second kappa shape index (κ2) is 6.34. The van der Waals surface area contributed by atoms with E-state index in [2.05, 4.69) is 23.6 Å². The molecule has 1 fully saturated rings. The van der Waals surface area contributed by atoms with Crippen LogP contribution in [0.1, 0.15) is 30.2 Å². The van der Waals surface area contributed by atoms with Crippen LogP contribution in [-0.2, 0) is 11.8 Å². The van der Waals surface area contributed by atoms with E-state index in [1.165, 1.54) is 4.90 Å². The summed E-state index contributed by atoms with van der Waals surface area (Å²) in [4.78, 5) is 12.6. The van der Waals surface area contributed by atoms with E-state index in [4.69, 9.17) is 5.73 Å². The predicted molar refractivity (Wildman–Crippen MR) is 90.1 cm³/mol. The molecule has 5 nitrogen and oxygen atoms in total. The SMILES string of the molecule is Cc1c([C@@H](O)C[NH+]2CCC(C(N)=O)CC2)c2ccccc2n1C. The van der Waals surface area contributed by atoms with E-state index in [9.17, 15) is 9.90 Å². The summed E-state index contributed by atoms with van der Waals surface area (Å²) < 4.78 is 2.14. The van der Waals surface area contributed by atoms with Gasteiger partial charge in [0.25, 0.3) is 0 Å². The van der Waals surface area contributed by atoms with E-state index in [0.29, 0.717) is 6.54 Å². The highest BCUT2D eigenvalue weighted by Gasteiger charge is 2.29. The molecule has 2 aromatic rings. The smallest absolute Gasteiger partial charge is 0.220 e. The van der Waals surface area contributed by atoms with Crippen molar-refractivity contribution in [3.8, 4) is 0 Å². The third-order valence-corrected chi connectivity index (χ3v) is 5.36. The Morgan fingerprint density at radius 3 is 2.70 bits per heavy atom. The molecule has 2 heterocycles. The van der Waals surface area contributed by atoms with Gasteiger partial charge in [-0.05, 0) is 13.0 Å². The van der Waals surface area contributed by atoms with Crippen LogP contribution in [0.5, 0.6) is 0 Å². The van der Waals surface area contributed by atoms with Gasteiger partial charge < -0.3 is 20.3 Å². The number of rotatable bonds is 4. The summed E-state index contributed by atoms with van der Waals surface area (Å²) in [6.45, 7) is 4.54. The normalized spacial score (nSPS) is 23.1. The van der Waals surface area contributed by atoms with E-state index >= 15 is 0 Å².